The Morgan fingerprint density at radius 3 is 1.45 bits per heavy atom. The minimum Gasteiger partial charge on any atom is -0.487 e. The third-order valence-corrected chi connectivity index (χ3v) is 4.48. The van der Waals surface area contributed by atoms with E-state index in [9.17, 15) is 0 Å². The van der Waals surface area contributed by atoms with Gasteiger partial charge < -0.3 is 28.4 Å². The molecule has 0 spiro atoms. The molecule has 0 bridgehead atoms. The van der Waals surface area contributed by atoms with Crippen molar-refractivity contribution in [3.63, 3.8) is 0 Å². The van der Waals surface area contributed by atoms with E-state index >= 15 is 0 Å². The Bertz CT molecular complexity index is 771. The Morgan fingerprint density at radius 1 is 0.690 bits per heavy atom. The maximum absolute atomic E-state index is 5.70. The molecule has 2 fully saturated rings. The van der Waals surface area contributed by atoms with E-state index in [-0.39, 0.29) is 12.6 Å². The molecule has 0 radical (unpaired) electrons. The second-order valence-corrected chi connectivity index (χ2v) is 6.88. The molecule has 29 heavy (non-hydrogen) atoms. The van der Waals surface area contributed by atoms with Crippen LogP contribution in [0.4, 0.5) is 0 Å². The normalized spacial score (nSPS) is 21.0. The maximum atomic E-state index is 5.70. The van der Waals surface area contributed by atoms with Gasteiger partial charge in [-0.1, -0.05) is 37.4 Å². The molecule has 0 aromatic heterocycles. The van der Waals surface area contributed by atoms with Gasteiger partial charge >= 0.3 is 0 Å². The van der Waals surface area contributed by atoms with Crippen molar-refractivity contribution < 1.29 is 28.4 Å². The highest BCUT2D eigenvalue weighted by Crippen LogP contribution is 2.20. The van der Waals surface area contributed by atoms with E-state index in [1.165, 1.54) is 11.1 Å². The van der Waals surface area contributed by atoms with Crippen molar-refractivity contribution in [2.45, 2.75) is 19.0 Å². The summed E-state index contributed by atoms with van der Waals surface area (Å²) < 4.78 is 32.9. The molecule has 0 N–H and O–H groups in total. The van der Waals surface area contributed by atoms with E-state index in [1.54, 1.807) is 0 Å². The molecule has 4 rings (SSSR count). The maximum Gasteiger partial charge on any atom is 0.234 e. The van der Waals surface area contributed by atoms with Gasteiger partial charge in [-0.3, -0.25) is 0 Å². The van der Waals surface area contributed by atoms with Crippen molar-refractivity contribution in [2.75, 3.05) is 26.4 Å². The Labute approximate surface area is 170 Å². The van der Waals surface area contributed by atoms with E-state index in [2.05, 4.69) is 37.4 Å². The average molecular weight is 396 g/mol. The molecule has 2 aromatic carbocycles. The molecule has 2 aromatic rings. The van der Waals surface area contributed by atoms with Crippen LogP contribution in [-0.4, -0.2) is 39.0 Å². The van der Waals surface area contributed by atoms with E-state index in [0.717, 1.165) is 17.9 Å². The van der Waals surface area contributed by atoms with E-state index in [0.29, 0.717) is 37.9 Å². The topological polar surface area (TPSA) is 55.4 Å². The summed E-state index contributed by atoms with van der Waals surface area (Å²) in [5, 5.41) is 0. The first-order chi connectivity index (χ1) is 14.1. The molecule has 152 valence electrons. The van der Waals surface area contributed by atoms with Gasteiger partial charge in [0.05, 0.1) is 0 Å². The highest BCUT2D eigenvalue weighted by atomic mass is 16.7. The SMILES string of the molecule is C=C1COC(COc2ccc(Cc3ccc(OCC4OCC(=C)O4)cc3)cc2)O1. The van der Waals surface area contributed by atoms with Gasteiger partial charge in [0.25, 0.3) is 0 Å². The third-order valence-electron chi connectivity index (χ3n) is 4.48. The predicted molar refractivity (Wildman–Crippen MR) is 107 cm³/mol. The van der Waals surface area contributed by atoms with Gasteiger partial charge in [-0.05, 0) is 41.8 Å². The standard InChI is InChI=1S/C23H24O6/c1-16-12-26-22(28-16)14-24-20-7-3-18(4-8-20)11-19-5-9-21(10-6-19)25-15-23-27-13-17(2)29-23/h3-10,22-23H,1-2,11-15H2. The second kappa shape index (κ2) is 9.03. The lowest BCUT2D eigenvalue weighted by Crippen LogP contribution is -2.18. The summed E-state index contributed by atoms with van der Waals surface area (Å²) in [5.74, 6) is 2.83. The van der Waals surface area contributed by atoms with Crippen molar-refractivity contribution in [1.29, 1.82) is 0 Å². The molecule has 2 aliphatic heterocycles. The fraction of sp³-hybridized carbons (Fsp3) is 0.304. The van der Waals surface area contributed by atoms with Crippen LogP contribution in [0, 0.1) is 0 Å². The fourth-order valence-corrected chi connectivity index (χ4v) is 3.02. The van der Waals surface area contributed by atoms with Crippen LogP contribution in [0.15, 0.2) is 73.2 Å². The molecule has 2 saturated heterocycles. The summed E-state index contributed by atoms with van der Waals surface area (Å²) in [6, 6.07) is 16.0. The van der Waals surface area contributed by atoms with Gasteiger partial charge in [-0.2, -0.15) is 0 Å². The minimum absolute atomic E-state index is 0.338. The smallest absolute Gasteiger partial charge is 0.234 e. The van der Waals surface area contributed by atoms with Gasteiger partial charge in [0.15, 0.2) is 13.2 Å². The molecule has 0 aliphatic carbocycles. The summed E-state index contributed by atoms with van der Waals surface area (Å²) in [6.45, 7) is 8.97. The molecule has 6 heteroatoms. The van der Waals surface area contributed by atoms with Gasteiger partial charge in [-0.15, -0.1) is 0 Å². The first-order valence-electron chi connectivity index (χ1n) is 9.49. The molecule has 2 unspecified atom stereocenters. The molecule has 2 aliphatic rings. The van der Waals surface area contributed by atoms with Crippen LogP contribution in [0.2, 0.25) is 0 Å². The van der Waals surface area contributed by atoms with Crippen LogP contribution in [0.5, 0.6) is 11.5 Å². The van der Waals surface area contributed by atoms with Gasteiger partial charge in [0, 0.05) is 0 Å². The van der Waals surface area contributed by atoms with Crippen molar-refractivity contribution >= 4 is 0 Å². The van der Waals surface area contributed by atoms with E-state index < -0.39 is 0 Å². The lowest BCUT2D eigenvalue weighted by atomic mass is 10.0. The summed E-state index contributed by atoms with van der Waals surface area (Å²) in [6.07, 6.45) is 0.0613. The molecular weight excluding hydrogens is 372 g/mol. The van der Waals surface area contributed by atoms with Gasteiger partial charge in [0.1, 0.15) is 36.2 Å². The average Bonchev–Trinajstić information content (AvgIpc) is 3.35. The van der Waals surface area contributed by atoms with Gasteiger partial charge in [0.2, 0.25) is 12.6 Å². The fourth-order valence-electron chi connectivity index (χ4n) is 3.02. The molecule has 2 heterocycles. The van der Waals surface area contributed by atoms with Crippen LogP contribution in [-0.2, 0) is 25.4 Å². The Hall–Kier alpha value is -2.96. The van der Waals surface area contributed by atoms with Crippen molar-refractivity contribution in [3.05, 3.63) is 84.3 Å². The number of hydrogen-bond acceptors (Lipinski definition) is 6. The van der Waals surface area contributed by atoms with Crippen molar-refractivity contribution in [3.8, 4) is 11.5 Å². The first-order valence-corrected chi connectivity index (χ1v) is 9.49. The zero-order valence-electron chi connectivity index (χ0n) is 16.2. The molecule has 0 amide bonds. The summed E-state index contributed by atoms with van der Waals surface area (Å²) in [7, 11) is 0. The molecule has 2 atom stereocenters. The summed E-state index contributed by atoms with van der Waals surface area (Å²) in [4.78, 5) is 0. The second-order valence-electron chi connectivity index (χ2n) is 6.88. The first kappa shape index (κ1) is 19.4. The van der Waals surface area contributed by atoms with Crippen LogP contribution in [0.1, 0.15) is 11.1 Å². The molecule has 0 saturated carbocycles. The minimum atomic E-state index is -0.381. The van der Waals surface area contributed by atoms with Crippen molar-refractivity contribution in [2.24, 2.45) is 0 Å². The van der Waals surface area contributed by atoms with Crippen molar-refractivity contribution in [1.82, 2.24) is 0 Å². The summed E-state index contributed by atoms with van der Waals surface area (Å²) in [5.41, 5.74) is 2.39. The number of benzene rings is 2. The quantitative estimate of drug-likeness (QED) is 0.676. The third kappa shape index (κ3) is 5.53. The zero-order valence-corrected chi connectivity index (χ0v) is 16.2. The van der Waals surface area contributed by atoms with Crippen LogP contribution in [0.3, 0.4) is 0 Å². The largest absolute Gasteiger partial charge is 0.487 e. The predicted octanol–water partition coefficient (Wildman–Crippen LogP) is 3.81. The van der Waals surface area contributed by atoms with Gasteiger partial charge in [-0.25, -0.2) is 0 Å². The van der Waals surface area contributed by atoms with Crippen LogP contribution in [0.25, 0.3) is 0 Å². The van der Waals surface area contributed by atoms with E-state index in [4.69, 9.17) is 28.4 Å². The van der Waals surface area contributed by atoms with Crippen LogP contribution >= 0.6 is 0 Å². The van der Waals surface area contributed by atoms with Crippen LogP contribution < -0.4 is 9.47 Å². The summed E-state index contributed by atoms with van der Waals surface area (Å²) >= 11 is 0. The monoisotopic (exact) mass is 396 g/mol. The Balaban J connectivity index is 1.23. The lowest BCUT2D eigenvalue weighted by molar-refractivity contribution is -0.0598. The lowest BCUT2D eigenvalue weighted by Gasteiger charge is -2.12. The number of ether oxygens (including phenoxy) is 6. The molecule has 6 nitrogen and oxygen atoms in total. The highest BCUT2D eigenvalue weighted by molar-refractivity contribution is 5.34. The zero-order chi connectivity index (χ0) is 20.1. The number of rotatable bonds is 8. The Morgan fingerprint density at radius 2 is 1.10 bits per heavy atom. The number of hydrogen-bond donors (Lipinski definition) is 0. The highest BCUT2D eigenvalue weighted by Gasteiger charge is 2.21. The Kier molecular flexibility index (Phi) is 6.03. The molecular formula is C23H24O6. The van der Waals surface area contributed by atoms with E-state index in [1.807, 2.05) is 24.3 Å².